The van der Waals surface area contributed by atoms with Crippen molar-refractivity contribution in [1.29, 1.82) is 0 Å². The van der Waals surface area contributed by atoms with E-state index < -0.39 is 10.0 Å². The van der Waals surface area contributed by atoms with E-state index in [0.717, 1.165) is 38.5 Å². The molecule has 1 aliphatic carbocycles. The first-order chi connectivity index (χ1) is 12.0. The second kappa shape index (κ2) is 9.31. The van der Waals surface area contributed by atoms with Gasteiger partial charge in [-0.25, -0.2) is 13.1 Å². The van der Waals surface area contributed by atoms with Crippen molar-refractivity contribution >= 4 is 15.9 Å². The summed E-state index contributed by atoms with van der Waals surface area (Å²) in [4.78, 5) is 14.3. The van der Waals surface area contributed by atoms with Gasteiger partial charge in [-0.1, -0.05) is 32.3 Å². The van der Waals surface area contributed by atoms with E-state index in [2.05, 4.69) is 4.72 Å². The standard InChI is InChI=1S/C18H28N2O4S/c1-2-3-11-20(12-13-21)18(22)15-7-6-10-17(14-15)25(23,24)19-16-8-4-5-9-16/h6-7,10,14,16,19,21H,2-5,8-9,11-13H2,1H3. The topological polar surface area (TPSA) is 86.7 Å². The van der Waals surface area contributed by atoms with Crippen LogP contribution in [0, 0.1) is 0 Å². The molecule has 0 radical (unpaired) electrons. The van der Waals surface area contributed by atoms with Crippen LogP contribution in [-0.4, -0.2) is 50.1 Å². The van der Waals surface area contributed by atoms with Gasteiger partial charge in [0.1, 0.15) is 0 Å². The van der Waals surface area contributed by atoms with Gasteiger partial charge in [0.15, 0.2) is 0 Å². The van der Waals surface area contributed by atoms with Gasteiger partial charge in [-0.05, 0) is 37.5 Å². The maximum absolute atomic E-state index is 12.7. The molecule has 0 heterocycles. The molecule has 1 saturated carbocycles. The van der Waals surface area contributed by atoms with Crippen molar-refractivity contribution in [3.05, 3.63) is 29.8 Å². The molecule has 25 heavy (non-hydrogen) atoms. The van der Waals surface area contributed by atoms with Crippen LogP contribution in [0.25, 0.3) is 0 Å². The van der Waals surface area contributed by atoms with E-state index in [-0.39, 0.29) is 30.0 Å². The second-order valence-electron chi connectivity index (χ2n) is 6.50. The minimum absolute atomic E-state index is 0.0141. The fourth-order valence-corrected chi connectivity index (χ4v) is 4.45. The summed E-state index contributed by atoms with van der Waals surface area (Å²) in [5, 5.41) is 9.18. The third-order valence-electron chi connectivity index (χ3n) is 4.51. The monoisotopic (exact) mass is 368 g/mol. The Hall–Kier alpha value is -1.44. The minimum atomic E-state index is -3.62. The fourth-order valence-electron chi connectivity index (χ4n) is 3.09. The van der Waals surface area contributed by atoms with Crippen LogP contribution < -0.4 is 4.72 Å². The Labute approximate surface area is 150 Å². The summed E-state index contributed by atoms with van der Waals surface area (Å²) in [5.74, 6) is -0.250. The van der Waals surface area contributed by atoms with E-state index in [1.165, 1.54) is 12.1 Å². The largest absolute Gasteiger partial charge is 0.395 e. The van der Waals surface area contributed by atoms with Crippen molar-refractivity contribution in [1.82, 2.24) is 9.62 Å². The number of carbonyl (C=O) groups is 1. The molecule has 0 bridgehead atoms. The summed E-state index contributed by atoms with van der Waals surface area (Å²) in [7, 11) is -3.62. The zero-order valence-electron chi connectivity index (χ0n) is 14.8. The molecule has 140 valence electrons. The van der Waals surface area contributed by atoms with Crippen molar-refractivity contribution in [2.75, 3.05) is 19.7 Å². The number of sulfonamides is 1. The first kappa shape index (κ1) is 19.9. The van der Waals surface area contributed by atoms with Gasteiger partial charge in [0, 0.05) is 24.7 Å². The molecule has 6 nitrogen and oxygen atoms in total. The number of amides is 1. The zero-order chi connectivity index (χ0) is 18.3. The Bertz CT molecular complexity index is 669. The molecule has 0 aliphatic heterocycles. The van der Waals surface area contributed by atoms with Crippen molar-refractivity contribution in [3.8, 4) is 0 Å². The van der Waals surface area contributed by atoms with Crippen LogP contribution in [0.1, 0.15) is 55.8 Å². The van der Waals surface area contributed by atoms with Crippen LogP contribution in [0.4, 0.5) is 0 Å². The van der Waals surface area contributed by atoms with Crippen LogP contribution in [-0.2, 0) is 10.0 Å². The average Bonchev–Trinajstić information content (AvgIpc) is 3.10. The van der Waals surface area contributed by atoms with E-state index in [1.54, 1.807) is 17.0 Å². The van der Waals surface area contributed by atoms with Gasteiger partial charge in [-0.15, -0.1) is 0 Å². The van der Waals surface area contributed by atoms with E-state index in [0.29, 0.717) is 12.1 Å². The lowest BCUT2D eigenvalue weighted by Crippen LogP contribution is -2.35. The molecule has 2 N–H and O–H groups in total. The summed E-state index contributed by atoms with van der Waals surface area (Å²) in [6, 6.07) is 6.13. The van der Waals surface area contributed by atoms with Crippen LogP contribution in [0.3, 0.4) is 0 Å². The van der Waals surface area contributed by atoms with Crippen molar-refractivity contribution < 1.29 is 18.3 Å². The zero-order valence-corrected chi connectivity index (χ0v) is 15.6. The lowest BCUT2D eigenvalue weighted by atomic mass is 10.2. The molecule has 7 heteroatoms. The molecule has 1 aromatic carbocycles. The highest BCUT2D eigenvalue weighted by molar-refractivity contribution is 7.89. The summed E-state index contributed by atoms with van der Waals surface area (Å²) >= 11 is 0. The Morgan fingerprint density at radius 1 is 1.28 bits per heavy atom. The van der Waals surface area contributed by atoms with Crippen molar-refractivity contribution in [3.63, 3.8) is 0 Å². The molecule has 1 aromatic rings. The molecule has 2 rings (SSSR count). The number of unbranched alkanes of at least 4 members (excludes halogenated alkanes) is 1. The Kier molecular flexibility index (Phi) is 7.40. The van der Waals surface area contributed by atoms with Gasteiger partial charge in [0.25, 0.3) is 5.91 Å². The Morgan fingerprint density at radius 3 is 2.64 bits per heavy atom. The normalized spacial score (nSPS) is 15.4. The number of aliphatic hydroxyl groups is 1. The number of benzene rings is 1. The van der Waals surface area contributed by atoms with E-state index in [1.807, 2.05) is 6.92 Å². The molecule has 0 unspecified atom stereocenters. The molecule has 1 amide bonds. The molecule has 0 aromatic heterocycles. The van der Waals surface area contributed by atoms with E-state index in [4.69, 9.17) is 0 Å². The molecule has 1 aliphatic rings. The average molecular weight is 368 g/mol. The van der Waals surface area contributed by atoms with Gasteiger partial charge in [0.2, 0.25) is 10.0 Å². The van der Waals surface area contributed by atoms with Gasteiger partial charge in [-0.2, -0.15) is 0 Å². The highest BCUT2D eigenvalue weighted by Gasteiger charge is 2.24. The van der Waals surface area contributed by atoms with Gasteiger partial charge in [0.05, 0.1) is 11.5 Å². The van der Waals surface area contributed by atoms with Gasteiger partial charge < -0.3 is 10.0 Å². The quantitative estimate of drug-likeness (QED) is 0.699. The third-order valence-corrected chi connectivity index (χ3v) is 6.03. The number of nitrogens with one attached hydrogen (secondary N) is 1. The molecule has 0 atom stereocenters. The van der Waals surface area contributed by atoms with E-state index in [9.17, 15) is 18.3 Å². The first-order valence-electron chi connectivity index (χ1n) is 9.00. The summed E-state index contributed by atoms with van der Waals surface area (Å²) in [6.07, 6.45) is 5.58. The number of rotatable bonds is 9. The number of aliphatic hydroxyl groups excluding tert-OH is 1. The summed E-state index contributed by atoms with van der Waals surface area (Å²) < 4.78 is 27.8. The SMILES string of the molecule is CCCCN(CCO)C(=O)c1cccc(S(=O)(=O)NC2CCCC2)c1. The predicted molar refractivity (Wildman–Crippen MR) is 96.9 cm³/mol. The molecule has 0 spiro atoms. The molecular formula is C18H28N2O4S. The third kappa shape index (κ3) is 5.52. The smallest absolute Gasteiger partial charge is 0.253 e. The Balaban J connectivity index is 2.17. The van der Waals surface area contributed by atoms with Crippen molar-refractivity contribution in [2.45, 2.75) is 56.4 Å². The molecule has 0 saturated heterocycles. The maximum Gasteiger partial charge on any atom is 0.253 e. The highest BCUT2D eigenvalue weighted by atomic mass is 32.2. The highest BCUT2D eigenvalue weighted by Crippen LogP contribution is 2.21. The fraction of sp³-hybridized carbons (Fsp3) is 0.611. The second-order valence-corrected chi connectivity index (χ2v) is 8.21. The maximum atomic E-state index is 12.7. The lowest BCUT2D eigenvalue weighted by Gasteiger charge is -2.22. The van der Waals surface area contributed by atoms with Crippen molar-refractivity contribution in [2.24, 2.45) is 0 Å². The first-order valence-corrected chi connectivity index (χ1v) is 10.5. The van der Waals surface area contributed by atoms with Crippen LogP contribution >= 0.6 is 0 Å². The minimum Gasteiger partial charge on any atom is -0.395 e. The number of carbonyl (C=O) groups excluding carboxylic acids is 1. The number of hydrogen-bond acceptors (Lipinski definition) is 4. The molecule has 1 fully saturated rings. The molecular weight excluding hydrogens is 340 g/mol. The van der Waals surface area contributed by atoms with Crippen LogP contribution in [0.5, 0.6) is 0 Å². The van der Waals surface area contributed by atoms with Gasteiger partial charge >= 0.3 is 0 Å². The predicted octanol–water partition coefficient (Wildman–Crippen LogP) is 2.14. The Morgan fingerprint density at radius 2 is 2.00 bits per heavy atom. The van der Waals surface area contributed by atoms with E-state index >= 15 is 0 Å². The number of hydrogen-bond donors (Lipinski definition) is 2. The number of nitrogens with zero attached hydrogens (tertiary/aromatic N) is 1. The van der Waals surface area contributed by atoms with Gasteiger partial charge in [-0.3, -0.25) is 4.79 Å². The summed E-state index contributed by atoms with van der Waals surface area (Å²) in [5.41, 5.74) is 0.332. The summed E-state index contributed by atoms with van der Waals surface area (Å²) in [6.45, 7) is 2.71. The lowest BCUT2D eigenvalue weighted by molar-refractivity contribution is 0.0719. The van der Waals surface area contributed by atoms with Crippen LogP contribution in [0.15, 0.2) is 29.2 Å². The van der Waals surface area contributed by atoms with Crippen LogP contribution in [0.2, 0.25) is 0 Å².